The molecular weight excluding hydrogens is 269 g/mol. The summed E-state index contributed by atoms with van der Waals surface area (Å²) in [6, 6.07) is 6.20. The predicted octanol–water partition coefficient (Wildman–Crippen LogP) is 4.18. The maximum atomic E-state index is 13.4. The van der Waals surface area contributed by atoms with Gasteiger partial charge >= 0.3 is 0 Å². The molecule has 3 heteroatoms. The Kier molecular flexibility index (Phi) is 3.98. The Balaban J connectivity index is 2.02. The van der Waals surface area contributed by atoms with Gasteiger partial charge in [-0.2, -0.15) is 0 Å². The predicted molar refractivity (Wildman–Crippen MR) is 67.9 cm³/mol. The maximum Gasteiger partial charge on any atom is 0.137 e. The molecule has 1 aliphatic carbocycles. The zero-order chi connectivity index (χ0) is 11.5. The van der Waals surface area contributed by atoms with Crippen LogP contribution in [0.1, 0.15) is 44.2 Å². The molecule has 0 aliphatic heterocycles. The van der Waals surface area contributed by atoms with Crippen LogP contribution >= 0.6 is 15.9 Å². The lowest BCUT2D eigenvalue weighted by molar-refractivity contribution is 0.459. The van der Waals surface area contributed by atoms with Crippen LogP contribution in [-0.2, 0) is 0 Å². The van der Waals surface area contributed by atoms with Crippen LogP contribution in [0, 0.1) is 5.82 Å². The highest BCUT2D eigenvalue weighted by atomic mass is 79.9. The van der Waals surface area contributed by atoms with Crippen molar-refractivity contribution in [2.45, 2.75) is 44.7 Å². The van der Waals surface area contributed by atoms with Gasteiger partial charge in [-0.1, -0.05) is 18.9 Å². The van der Waals surface area contributed by atoms with E-state index in [4.69, 9.17) is 0 Å². The molecule has 1 aliphatic rings. The van der Waals surface area contributed by atoms with Crippen LogP contribution in [0.25, 0.3) is 0 Å². The summed E-state index contributed by atoms with van der Waals surface area (Å²) in [6.45, 7) is 2.10. The first-order chi connectivity index (χ1) is 7.66. The summed E-state index contributed by atoms with van der Waals surface area (Å²) < 4.78 is 13.9. The second-order valence-electron chi connectivity index (χ2n) is 4.54. The van der Waals surface area contributed by atoms with Gasteiger partial charge in [0.1, 0.15) is 5.82 Å². The standard InChI is InChI=1S/C13H17BrFN/c1-9(16-11-4-2-3-5-11)10-6-7-12(14)13(15)8-10/h6-9,11,16H,2-5H2,1H3. The number of hydrogen-bond acceptors (Lipinski definition) is 1. The molecule has 0 amide bonds. The number of hydrogen-bond donors (Lipinski definition) is 1. The zero-order valence-electron chi connectivity index (χ0n) is 9.47. The van der Waals surface area contributed by atoms with E-state index < -0.39 is 0 Å². The van der Waals surface area contributed by atoms with Gasteiger partial charge < -0.3 is 5.32 Å². The van der Waals surface area contributed by atoms with E-state index >= 15 is 0 Å². The molecule has 0 heterocycles. The monoisotopic (exact) mass is 285 g/mol. The third-order valence-corrected chi connectivity index (χ3v) is 3.93. The average Bonchev–Trinajstić information content (AvgIpc) is 2.74. The third kappa shape index (κ3) is 2.83. The van der Waals surface area contributed by atoms with E-state index in [2.05, 4.69) is 28.2 Å². The Morgan fingerprint density at radius 1 is 1.38 bits per heavy atom. The molecule has 1 unspecified atom stereocenters. The highest BCUT2D eigenvalue weighted by Crippen LogP contribution is 2.24. The molecule has 0 spiro atoms. The molecule has 0 saturated heterocycles. The SMILES string of the molecule is CC(NC1CCCC1)c1ccc(Br)c(F)c1. The molecule has 16 heavy (non-hydrogen) atoms. The third-order valence-electron chi connectivity index (χ3n) is 3.28. The number of rotatable bonds is 3. The fourth-order valence-electron chi connectivity index (χ4n) is 2.32. The molecule has 0 radical (unpaired) electrons. The minimum atomic E-state index is -0.183. The fraction of sp³-hybridized carbons (Fsp3) is 0.538. The van der Waals surface area contributed by atoms with Gasteiger partial charge in [0.25, 0.3) is 0 Å². The molecule has 2 rings (SSSR count). The first-order valence-corrected chi connectivity index (χ1v) is 6.67. The van der Waals surface area contributed by atoms with Gasteiger partial charge in [-0.25, -0.2) is 4.39 Å². The van der Waals surface area contributed by atoms with Crippen LogP contribution in [0.15, 0.2) is 22.7 Å². The summed E-state index contributed by atoms with van der Waals surface area (Å²) in [5.41, 5.74) is 1.02. The minimum Gasteiger partial charge on any atom is -0.307 e. The summed E-state index contributed by atoms with van der Waals surface area (Å²) in [5.74, 6) is -0.183. The highest BCUT2D eigenvalue weighted by molar-refractivity contribution is 9.10. The van der Waals surface area contributed by atoms with Crippen molar-refractivity contribution in [3.05, 3.63) is 34.1 Å². The summed E-state index contributed by atoms with van der Waals surface area (Å²) in [6.07, 6.45) is 5.14. The van der Waals surface area contributed by atoms with Crippen molar-refractivity contribution in [2.24, 2.45) is 0 Å². The lowest BCUT2D eigenvalue weighted by Gasteiger charge is -2.19. The van der Waals surface area contributed by atoms with E-state index in [0.717, 1.165) is 5.56 Å². The normalized spacial score (nSPS) is 18.9. The van der Waals surface area contributed by atoms with Crippen LogP contribution < -0.4 is 5.32 Å². The first-order valence-electron chi connectivity index (χ1n) is 5.88. The first kappa shape index (κ1) is 12.1. The number of benzene rings is 1. The largest absolute Gasteiger partial charge is 0.307 e. The van der Waals surface area contributed by atoms with E-state index in [0.29, 0.717) is 10.5 Å². The van der Waals surface area contributed by atoms with Gasteiger partial charge in [-0.05, 0) is 53.4 Å². The Hall–Kier alpha value is -0.410. The number of nitrogens with one attached hydrogen (secondary N) is 1. The second-order valence-corrected chi connectivity index (χ2v) is 5.40. The highest BCUT2D eigenvalue weighted by Gasteiger charge is 2.17. The smallest absolute Gasteiger partial charge is 0.137 e. The Labute approximate surface area is 105 Å². The van der Waals surface area contributed by atoms with Crippen LogP contribution in [0.5, 0.6) is 0 Å². The summed E-state index contributed by atoms with van der Waals surface area (Å²) >= 11 is 3.17. The van der Waals surface area contributed by atoms with Crippen LogP contribution in [0.4, 0.5) is 4.39 Å². The van der Waals surface area contributed by atoms with Crippen molar-refractivity contribution >= 4 is 15.9 Å². The van der Waals surface area contributed by atoms with Gasteiger partial charge in [-0.15, -0.1) is 0 Å². The van der Waals surface area contributed by atoms with Crippen molar-refractivity contribution < 1.29 is 4.39 Å². The number of halogens is 2. The Bertz CT molecular complexity index is 361. The van der Waals surface area contributed by atoms with Crippen molar-refractivity contribution in [1.29, 1.82) is 0 Å². The van der Waals surface area contributed by atoms with E-state index in [1.807, 2.05) is 6.07 Å². The minimum absolute atomic E-state index is 0.183. The van der Waals surface area contributed by atoms with Gasteiger partial charge in [0.05, 0.1) is 4.47 Å². The molecule has 1 aromatic rings. The van der Waals surface area contributed by atoms with Crippen molar-refractivity contribution in [3.8, 4) is 0 Å². The molecule has 1 nitrogen and oxygen atoms in total. The lowest BCUT2D eigenvalue weighted by Crippen LogP contribution is -2.28. The molecule has 0 aromatic heterocycles. The summed E-state index contributed by atoms with van der Waals surface area (Å²) in [5, 5.41) is 3.56. The van der Waals surface area contributed by atoms with E-state index in [-0.39, 0.29) is 11.9 Å². The van der Waals surface area contributed by atoms with Crippen molar-refractivity contribution in [3.63, 3.8) is 0 Å². The topological polar surface area (TPSA) is 12.0 Å². The molecule has 1 aromatic carbocycles. The van der Waals surface area contributed by atoms with Crippen molar-refractivity contribution in [1.82, 2.24) is 5.32 Å². The second kappa shape index (κ2) is 5.28. The molecule has 1 N–H and O–H groups in total. The van der Waals surface area contributed by atoms with Crippen LogP contribution in [0.3, 0.4) is 0 Å². The van der Waals surface area contributed by atoms with Crippen molar-refractivity contribution in [2.75, 3.05) is 0 Å². The Morgan fingerprint density at radius 2 is 2.06 bits per heavy atom. The van der Waals surface area contributed by atoms with Gasteiger partial charge in [0.2, 0.25) is 0 Å². The lowest BCUT2D eigenvalue weighted by atomic mass is 10.1. The van der Waals surface area contributed by atoms with E-state index in [9.17, 15) is 4.39 Å². The molecular formula is C13H17BrFN. The summed E-state index contributed by atoms with van der Waals surface area (Å²) in [4.78, 5) is 0. The zero-order valence-corrected chi connectivity index (χ0v) is 11.1. The fourth-order valence-corrected chi connectivity index (χ4v) is 2.57. The average molecular weight is 286 g/mol. The molecule has 1 saturated carbocycles. The van der Waals surface area contributed by atoms with Gasteiger partial charge in [0.15, 0.2) is 0 Å². The Morgan fingerprint density at radius 3 is 2.69 bits per heavy atom. The molecule has 88 valence electrons. The molecule has 1 fully saturated rings. The maximum absolute atomic E-state index is 13.4. The molecule has 1 atom stereocenters. The van der Waals surface area contributed by atoms with Crippen LogP contribution in [-0.4, -0.2) is 6.04 Å². The van der Waals surface area contributed by atoms with E-state index in [1.54, 1.807) is 12.1 Å². The van der Waals surface area contributed by atoms with Crippen LogP contribution in [0.2, 0.25) is 0 Å². The van der Waals surface area contributed by atoms with E-state index in [1.165, 1.54) is 25.7 Å². The summed E-state index contributed by atoms with van der Waals surface area (Å²) in [7, 11) is 0. The quantitative estimate of drug-likeness (QED) is 0.879. The van der Waals surface area contributed by atoms with Gasteiger partial charge in [-0.3, -0.25) is 0 Å². The molecule has 0 bridgehead atoms. The van der Waals surface area contributed by atoms with Gasteiger partial charge in [0, 0.05) is 12.1 Å².